The molecule has 0 spiro atoms. The number of fused-ring (bicyclic) bond motifs is 1. The number of nitrogens with one attached hydrogen (secondary N) is 1. The Kier molecular flexibility index (Phi) is 5.47. The first-order valence-electron chi connectivity index (χ1n) is 9.83. The monoisotopic (exact) mass is 388 g/mol. The van der Waals surface area contributed by atoms with Crippen LogP contribution in [0, 0.1) is 12.7 Å². The van der Waals surface area contributed by atoms with Gasteiger partial charge in [0.05, 0.1) is 12.1 Å². The summed E-state index contributed by atoms with van der Waals surface area (Å²) in [5, 5.41) is 15.1. The lowest BCUT2D eigenvalue weighted by Gasteiger charge is -2.26. The van der Waals surface area contributed by atoms with Crippen LogP contribution in [0.1, 0.15) is 17.2 Å². The fraction of sp³-hybridized carbons (Fsp3) is 0.200. The highest BCUT2D eigenvalue weighted by atomic mass is 19.1. The van der Waals surface area contributed by atoms with Gasteiger partial charge in [0.1, 0.15) is 5.82 Å². The summed E-state index contributed by atoms with van der Waals surface area (Å²) in [6, 6.07) is 22.6. The molecule has 0 aliphatic heterocycles. The van der Waals surface area contributed by atoms with E-state index in [9.17, 15) is 9.50 Å². The zero-order valence-electron chi connectivity index (χ0n) is 16.6. The van der Waals surface area contributed by atoms with Crippen LogP contribution in [0.2, 0.25) is 0 Å². The Bertz CT molecular complexity index is 1130. The topological polar surface area (TPSA) is 37.2 Å². The van der Waals surface area contributed by atoms with Crippen molar-refractivity contribution in [3.63, 3.8) is 0 Å². The van der Waals surface area contributed by atoms with Crippen LogP contribution in [0.4, 0.5) is 4.39 Å². The smallest absolute Gasteiger partial charge is 0.123 e. The first-order chi connectivity index (χ1) is 14.1. The van der Waals surface area contributed by atoms with E-state index < -0.39 is 12.1 Å². The Hall–Kier alpha value is -2.95. The SMILES string of the molecule is CNCC(O)C(c1cccc(F)c1)n1cc(-c2cccc(C)c2)c2ccccc21. The lowest BCUT2D eigenvalue weighted by Crippen LogP contribution is -2.33. The Morgan fingerprint density at radius 3 is 2.55 bits per heavy atom. The average molecular weight is 388 g/mol. The van der Waals surface area contributed by atoms with Gasteiger partial charge >= 0.3 is 0 Å². The van der Waals surface area contributed by atoms with Gasteiger partial charge in [0, 0.05) is 29.2 Å². The maximum absolute atomic E-state index is 14.0. The van der Waals surface area contributed by atoms with Crippen LogP contribution in [-0.4, -0.2) is 29.4 Å². The van der Waals surface area contributed by atoms with Crippen LogP contribution in [0.25, 0.3) is 22.0 Å². The van der Waals surface area contributed by atoms with Gasteiger partial charge in [-0.1, -0.05) is 60.2 Å². The molecule has 0 saturated heterocycles. The van der Waals surface area contributed by atoms with Gasteiger partial charge in [0.15, 0.2) is 0 Å². The number of para-hydroxylation sites is 1. The molecule has 0 aliphatic carbocycles. The van der Waals surface area contributed by atoms with Gasteiger partial charge in [-0.2, -0.15) is 0 Å². The van der Waals surface area contributed by atoms with Crippen molar-refractivity contribution in [2.45, 2.75) is 19.1 Å². The number of likely N-dealkylation sites (N-methyl/N-ethyl adjacent to an activating group) is 1. The number of hydrogen-bond donors (Lipinski definition) is 2. The van der Waals surface area contributed by atoms with Crippen molar-refractivity contribution in [1.29, 1.82) is 0 Å². The number of aryl methyl sites for hydroxylation is 1. The molecule has 2 N–H and O–H groups in total. The number of aliphatic hydroxyl groups is 1. The van der Waals surface area contributed by atoms with Crippen molar-refractivity contribution in [3.8, 4) is 11.1 Å². The van der Waals surface area contributed by atoms with Crippen LogP contribution < -0.4 is 5.32 Å². The van der Waals surface area contributed by atoms with Crippen molar-refractivity contribution in [2.75, 3.05) is 13.6 Å². The molecule has 3 aromatic carbocycles. The molecular formula is C25H25FN2O. The number of aromatic nitrogens is 1. The minimum atomic E-state index is -0.719. The van der Waals surface area contributed by atoms with Crippen molar-refractivity contribution < 1.29 is 9.50 Å². The summed E-state index contributed by atoms with van der Waals surface area (Å²) in [6.07, 6.45) is 1.36. The van der Waals surface area contributed by atoms with Crippen LogP contribution in [0.3, 0.4) is 0 Å². The molecule has 29 heavy (non-hydrogen) atoms. The molecule has 2 unspecified atom stereocenters. The summed E-state index contributed by atoms with van der Waals surface area (Å²) < 4.78 is 16.1. The van der Waals surface area contributed by atoms with E-state index in [1.165, 1.54) is 17.7 Å². The molecule has 0 aliphatic rings. The van der Waals surface area contributed by atoms with Gasteiger partial charge in [-0.25, -0.2) is 4.39 Å². The number of benzene rings is 3. The highest BCUT2D eigenvalue weighted by Crippen LogP contribution is 2.35. The van der Waals surface area contributed by atoms with E-state index in [1.807, 2.05) is 24.3 Å². The highest BCUT2D eigenvalue weighted by molar-refractivity contribution is 5.96. The van der Waals surface area contributed by atoms with Gasteiger partial charge in [0.2, 0.25) is 0 Å². The molecule has 4 rings (SSSR count). The predicted octanol–water partition coefficient (Wildman–Crippen LogP) is 4.93. The third-order valence-corrected chi connectivity index (χ3v) is 5.34. The molecule has 0 fully saturated rings. The lowest BCUT2D eigenvalue weighted by atomic mass is 10.0. The van der Waals surface area contributed by atoms with E-state index in [4.69, 9.17) is 0 Å². The molecule has 2 atom stereocenters. The van der Waals surface area contributed by atoms with Crippen molar-refractivity contribution >= 4 is 10.9 Å². The van der Waals surface area contributed by atoms with Gasteiger partial charge in [-0.05, 0) is 43.3 Å². The summed E-state index contributed by atoms with van der Waals surface area (Å²) in [6.45, 7) is 2.47. The third kappa shape index (κ3) is 3.82. The molecule has 0 radical (unpaired) electrons. The van der Waals surface area contributed by atoms with Crippen LogP contribution >= 0.6 is 0 Å². The van der Waals surface area contributed by atoms with Crippen molar-refractivity contribution in [3.05, 3.63) is 95.9 Å². The molecule has 0 bridgehead atoms. The second-order valence-corrected chi connectivity index (χ2v) is 7.46. The lowest BCUT2D eigenvalue weighted by molar-refractivity contribution is 0.132. The first kappa shape index (κ1) is 19.4. The second kappa shape index (κ2) is 8.19. The molecule has 0 saturated carbocycles. The third-order valence-electron chi connectivity index (χ3n) is 5.34. The fourth-order valence-corrected chi connectivity index (χ4v) is 4.06. The largest absolute Gasteiger partial charge is 0.389 e. The first-order valence-corrected chi connectivity index (χ1v) is 9.83. The molecule has 4 aromatic rings. The summed E-state index contributed by atoms with van der Waals surface area (Å²) in [4.78, 5) is 0. The molecule has 1 heterocycles. The standard InChI is InChI=1S/C25H25FN2O/c1-17-7-5-8-18(13-17)22-16-28(23-12-4-3-11-21(22)23)25(24(29)15-27-2)19-9-6-10-20(26)14-19/h3-14,16,24-25,27,29H,15H2,1-2H3. The maximum atomic E-state index is 14.0. The minimum absolute atomic E-state index is 0.306. The second-order valence-electron chi connectivity index (χ2n) is 7.46. The number of aliphatic hydroxyl groups excluding tert-OH is 1. The minimum Gasteiger partial charge on any atom is -0.389 e. The number of rotatable bonds is 6. The van der Waals surface area contributed by atoms with Crippen LogP contribution in [0.15, 0.2) is 79.0 Å². The van der Waals surface area contributed by atoms with E-state index in [0.717, 1.165) is 27.6 Å². The summed E-state index contributed by atoms with van der Waals surface area (Å²) in [5.74, 6) is -0.306. The zero-order valence-corrected chi connectivity index (χ0v) is 16.6. The Morgan fingerprint density at radius 2 is 1.79 bits per heavy atom. The molecule has 1 aromatic heterocycles. The Balaban J connectivity index is 1.94. The average Bonchev–Trinajstić information content (AvgIpc) is 3.08. The van der Waals surface area contributed by atoms with E-state index in [1.54, 1.807) is 13.1 Å². The Morgan fingerprint density at radius 1 is 1.00 bits per heavy atom. The fourth-order valence-electron chi connectivity index (χ4n) is 4.06. The van der Waals surface area contributed by atoms with E-state index in [-0.39, 0.29) is 5.82 Å². The summed E-state index contributed by atoms with van der Waals surface area (Å²) in [5.41, 5.74) is 5.16. The van der Waals surface area contributed by atoms with E-state index in [0.29, 0.717) is 6.54 Å². The van der Waals surface area contributed by atoms with Crippen molar-refractivity contribution in [1.82, 2.24) is 9.88 Å². The Labute approximate surface area is 170 Å². The summed E-state index contributed by atoms with van der Waals surface area (Å²) >= 11 is 0. The van der Waals surface area contributed by atoms with Gasteiger partial charge in [-0.15, -0.1) is 0 Å². The van der Waals surface area contributed by atoms with E-state index >= 15 is 0 Å². The van der Waals surface area contributed by atoms with Crippen LogP contribution in [0.5, 0.6) is 0 Å². The maximum Gasteiger partial charge on any atom is 0.123 e. The van der Waals surface area contributed by atoms with Gasteiger partial charge < -0.3 is 15.0 Å². The molecular weight excluding hydrogens is 363 g/mol. The normalized spacial score (nSPS) is 13.5. The van der Waals surface area contributed by atoms with E-state index in [2.05, 4.69) is 53.3 Å². The quantitative estimate of drug-likeness (QED) is 0.492. The van der Waals surface area contributed by atoms with Crippen molar-refractivity contribution in [2.24, 2.45) is 0 Å². The molecule has 4 heteroatoms. The summed E-state index contributed by atoms with van der Waals surface area (Å²) in [7, 11) is 1.80. The number of hydrogen-bond acceptors (Lipinski definition) is 2. The number of halogens is 1. The highest BCUT2D eigenvalue weighted by Gasteiger charge is 2.25. The molecule has 148 valence electrons. The number of nitrogens with zero attached hydrogens (tertiary/aromatic N) is 1. The molecule has 0 amide bonds. The zero-order chi connectivity index (χ0) is 20.4. The van der Waals surface area contributed by atoms with Gasteiger partial charge in [0.25, 0.3) is 0 Å². The van der Waals surface area contributed by atoms with Gasteiger partial charge in [-0.3, -0.25) is 0 Å². The molecule has 3 nitrogen and oxygen atoms in total. The van der Waals surface area contributed by atoms with Crippen LogP contribution in [-0.2, 0) is 0 Å². The predicted molar refractivity (Wildman–Crippen MR) is 117 cm³/mol.